The highest BCUT2D eigenvalue weighted by Gasteiger charge is 2.32. The predicted octanol–water partition coefficient (Wildman–Crippen LogP) is 0.724. The lowest BCUT2D eigenvalue weighted by Crippen LogP contribution is -2.57. The molecule has 0 unspecified atom stereocenters. The molecule has 1 N–H and O–H groups in total. The second-order valence-corrected chi connectivity index (χ2v) is 5.80. The summed E-state index contributed by atoms with van der Waals surface area (Å²) in [5.74, 6) is 0.182. The van der Waals surface area contributed by atoms with Crippen molar-refractivity contribution in [3.63, 3.8) is 0 Å². The molecule has 1 aromatic rings. The van der Waals surface area contributed by atoms with E-state index in [4.69, 9.17) is 0 Å². The second kappa shape index (κ2) is 6.33. The van der Waals surface area contributed by atoms with Crippen molar-refractivity contribution in [2.24, 2.45) is 0 Å². The monoisotopic (exact) mass is 276 g/mol. The molecule has 0 aliphatic carbocycles. The molecule has 2 heterocycles. The van der Waals surface area contributed by atoms with Gasteiger partial charge in [-0.2, -0.15) is 0 Å². The van der Waals surface area contributed by atoms with Crippen LogP contribution >= 0.6 is 0 Å². The van der Waals surface area contributed by atoms with Crippen LogP contribution in [-0.4, -0.2) is 59.5 Å². The molecule has 110 valence electrons. The highest BCUT2D eigenvalue weighted by Crippen LogP contribution is 2.12. The summed E-state index contributed by atoms with van der Waals surface area (Å²) in [4.78, 5) is 20.8. The van der Waals surface area contributed by atoms with Gasteiger partial charge in [-0.25, -0.2) is 0 Å². The zero-order chi connectivity index (χ0) is 14.6. The number of carbonyl (C=O) groups is 1. The minimum Gasteiger partial charge on any atom is -0.339 e. The third-order valence-corrected chi connectivity index (χ3v) is 3.95. The van der Waals surface area contributed by atoms with Gasteiger partial charge in [0, 0.05) is 45.1 Å². The Morgan fingerprint density at radius 2 is 2.05 bits per heavy atom. The van der Waals surface area contributed by atoms with Gasteiger partial charge < -0.3 is 10.2 Å². The molecule has 0 saturated carbocycles. The highest BCUT2D eigenvalue weighted by atomic mass is 16.2. The number of nitrogens with zero attached hydrogens (tertiary/aromatic N) is 3. The number of hydrogen-bond donors (Lipinski definition) is 1. The van der Waals surface area contributed by atoms with Gasteiger partial charge in [0.05, 0.1) is 5.54 Å². The molecule has 2 rings (SSSR count). The summed E-state index contributed by atoms with van der Waals surface area (Å²) in [7, 11) is 1.83. The number of carbonyl (C=O) groups excluding carboxylic acids is 1. The maximum absolute atomic E-state index is 12.4. The Morgan fingerprint density at radius 3 is 2.60 bits per heavy atom. The smallest absolute Gasteiger partial charge is 0.242 e. The molecular formula is C15H24N4O. The van der Waals surface area contributed by atoms with E-state index in [-0.39, 0.29) is 5.91 Å². The molecule has 0 aromatic carbocycles. The molecule has 0 radical (unpaired) electrons. The van der Waals surface area contributed by atoms with Crippen LogP contribution in [0.15, 0.2) is 24.5 Å². The van der Waals surface area contributed by atoms with E-state index in [1.165, 1.54) is 5.56 Å². The Labute approximate surface area is 121 Å². The maximum atomic E-state index is 12.4. The van der Waals surface area contributed by atoms with E-state index in [0.717, 1.165) is 32.7 Å². The van der Waals surface area contributed by atoms with Gasteiger partial charge in [-0.05, 0) is 32.5 Å². The standard InChI is InChI=1S/C15H24N4O/c1-15(2,16-3)14(20)19-9-7-18(8-10-19)12-13-5-4-6-17-11-13/h4-6,11,16H,7-10,12H2,1-3H3. The van der Waals surface area contributed by atoms with Crippen LogP contribution in [0, 0.1) is 0 Å². The molecular weight excluding hydrogens is 252 g/mol. The van der Waals surface area contributed by atoms with E-state index in [0.29, 0.717) is 0 Å². The van der Waals surface area contributed by atoms with Crippen LogP contribution in [0.3, 0.4) is 0 Å². The van der Waals surface area contributed by atoms with Gasteiger partial charge in [0.1, 0.15) is 0 Å². The first-order chi connectivity index (χ1) is 9.53. The fraction of sp³-hybridized carbons (Fsp3) is 0.600. The molecule has 5 nitrogen and oxygen atoms in total. The fourth-order valence-electron chi connectivity index (χ4n) is 2.36. The fourth-order valence-corrected chi connectivity index (χ4v) is 2.36. The minimum atomic E-state index is -0.481. The van der Waals surface area contributed by atoms with Crippen LogP contribution in [0.5, 0.6) is 0 Å². The Hall–Kier alpha value is -1.46. The largest absolute Gasteiger partial charge is 0.339 e. The number of hydrogen-bond acceptors (Lipinski definition) is 4. The summed E-state index contributed by atoms with van der Waals surface area (Å²) < 4.78 is 0. The van der Waals surface area contributed by atoms with Crippen molar-refractivity contribution in [2.45, 2.75) is 25.9 Å². The Balaban J connectivity index is 1.85. The van der Waals surface area contributed by atoms with Crippen LogP contribution in [0.4, 0.5) is 0 Å². The summed E-state index contributed by atoms with van der Waals surface area (Å²) in [6, 6.07) is 4.05. The van der Waals surface area contributed by atoms with Gasteiger partial charge in [-0.3, -0.25) is 14.7 Å². The molecule has 1 aromatic heterocycles. The first kappa shape index (κ1) is 14.9. The maximum Gasteiger partial charge on any atom is 0.242 e. The number of likely N-dealkylation sites (N-methyl/N-ethyl adjacent to an activating group) is 1. The quantitative estimate of drug-likeness (QED) is 0.880. The molecule has 1 aliphatic rings. The summed E-state index contributed by atoms with van der Waals surface area (Å²) in [5.41, 5.74) is 0.744. The Bertz CT molecular complexity index is 438. The first-order valence-corrected chi connectivity index (χ1v) is 7.12. The molecule has 1 aliphatic heterocycles. The number of amides is 1. The Kier molecular flexibility index (Phi) is 4.73. The summed E-state index contributed by atoms with van der Waals surface area (Å²) in [5, 5.41) is 3.08. The zero-order valence-electron chi connectivity index (χ0n) is 12.6. The molecule has 0 bridgehead atoms. The average Bonchev–Trinajstić information content (AvgIpc) is 2.48. The normalized spacial score (nSPS) is 17.2. The van der Waals surface area contributed by atoms with E-state index in [2.05, 4.69) is 21.3 Å². The molecule has 1 saturated heterocycles. The van der Waals surface area contributed by atoms with Gasteiger partial charge in [0.2, 0.25) is 5.91 Å². The average molecular weight is 276 g/mol. The van der Waals surface area contributed by atoms with Gasteiger partial charge >= 0.3 is 0 Å². The number of nitrogens with one attached hydrogen (secondary N) is 1. The molecule has 1 fully saturated rings. The molecule has 1 amide bonds. The van der Waals surface area contributed by atoms with Crippen molar-refractivity contribution in [1.82, 2.24) is 20.1 Å². The second-order valence-electron chi connectivity index (χ2n) is 5.80. The Morgan fingerprint density at radius 1 is 1.35 bits per heavy atom. The van der Waals surface area contributed by atoms with Crippen LogP contribution in [-0.2, 0) is 11.3 Å². The van der Waals surface area contributed by atoms with Gasteiger partial charge in [-0.1, -0.05) is 6.07 Å². The van der Waals surface area contributed by atoms with Crippen LogP contribution in [0.1, 0.15) is 19.4 Å². The zero-order valence-corrected chi connectivity index (χ0v) is 12.6. The van der Waals surface area contributed by atoms with E-state index < -0.39 is 5.54 Å². The SMILES string of the molecule is CNC(C)(C)C(=O)N1CCN(Cc2cccnc2)CC1. The van der Waals surface area contributed by atoms with Crippen molar-refractivity contribution in [3.8, 4) is 0 Å². The topological polar surface area (TPSA) is 48.5 Å². The van der Waals surface area contributed by atoms with Crippen LogP contribution in [0.25, 0.3) is 0 Å². The summed E-state index contributed by atoms with van der Waals surface area (Å²) >= 11 is 0. The molecule has 20 heavy (non-hydrogen) atoms. The lowest BCUT2D eigenvalue weighted by atomic mass is 10.0. The van der Waals surface area contributed by atoms with Crippen molar-refractivity contribution in [2.75, 3.05) is 33.2 Å². The number of piperazine rings is 1. The third-order valence-electron chi connectivity index (χ3n) is 3.95. The van der Waals surface area contributed by atoms with Crippen LogP contribution in [0.2, 0.25) is 0 Å². The molecule has 5 heteroatoms. The van der Waals surface area contributed by atoms with Crippen LogP contribution < -0.4 is 5.32 Å². The number of pyridine rings is 1. The lowest BCUT2D eigenvalue weighted by Gasteiger charge is -2.38. The highest BCUT2D eigenvalue weighted by molar-refractivity contribution is 5.85. The van der Waals surface area contributed by atoms with Crippen molar-refractivity contribution in [3.05, 3.63) is 30.1 Å². The van der Waals surface area contributed by atoms with E-state index in [1.54, 1.807) is 6.20 Å². The van der Waals surface area contributed by atoms with Crippen molar-refractivity contribution >= 4 is 5.91 Å². The summed E-state index contributed by atoms with van der Waals surface area (Å²) in [6.07, 6.45) is 3.70. The van der Waals surface area contributed by atoms with E-state index >= 15 is 0 Å². The van der Waals surface area contributed by atoms with E-state index in [1.807, 2.05) is 38.1 Å². The number of rotatable bonds is 4. The van der Waals surface area contributed by atoms with Gasteiger partial charge in [-0.15, -0.1) is 0 Å². The summed E-state index contributed by atoms with van der Waals surface area (Å²) in [6.45, 7) is 8.19. The number of aromatic nitrogens is 1. The van der Waals surface area contributed by atoms with Crippen molar-refractivity contribution < 1.29 is 4.79 Å². The first-order valence-electron chi connectivity index (χ1n) is 7.12. The minimum absolute atomic E-state index is 0.182. The molecule has 0 spiro atoms. The van der Waals surface area contributed by atoms with Gasteiger partial charge in [0.25, 0.3) is 0 Å². The predicted molar refractivity (Wildman–Crippen MR) is 79.2 cm³/mol. The third kappa shape index (κ3) is 3.55. The van der Waals surface area contributed by atoms with E-state index in [9.17, 15) is 4.79 Å². The van der Waals surface area contributed by atoms with Crippen molar-refractivity contribution in [1.29, 1.82) is 0 Å². The molecule has 0 atom stereocenters. The lowest BCUT2D eigenvalue weighted by molar-refractivity contribution is -0.138. The van der Waals surface area contributed by atoms with Gasteiger partial charge in [0.15, 0.2) is 0 Å².